The molecule has 0 bridgehead atoms. The van der Waals surface area contributed by atoms with Gasteiger partial charge in [-0.25, -0.2) is 9.59 Å². The average Bonchev–Trinajstić information content (AvgIpc) is 2.98. The van der Waals surface area contributed by atoms with Crippen molar-refractivity contribution in [2.75, 3.05) is 13.2 Å². The number of carbonyl (C=O) groups excluding carboxylic acids is 2. The van der Waals surface area contributed by atoms with Crippen LogP contribution in [0.4, 0.5) is 0 Å². The molecule has 2 aliphatic rings. The Morgan fingerprint density at radius 1 is 0.760 bits per heavy atom. The van der Waals surface area contributed by atoms with Gasteiger partial charge in [-0.3, -0.25) is 0 Å². The van der Waals surface area contributed by atoms with E-state index in [9.17, 15) is 9.59 Å². The van der Waals surface area contributed by atoms with Crippen molar-refractivity contribution in [3.05, 3.63) is 23.0 Å². The molecule has 12 nitrogen and oxygen atoms in total. The number of carbonyl (C=O) groups is 2. The zero-order chi connectivity index (χ0) is 18.6. The summed E-state index contributed by atoms with van der Waals surface area (Å²) in [6, 6.07) is 0. The molecular formula is C12H16CuO12. The van der Waals surface area contributed by atoms with E-state index in [1.807, 2.05) is 0 Å². The van der Waals surface area contributed by atoms with Crippen molar-refractivity contribution in [1.29, 1.82) is 0 Å². The van der Waals surface area contributed by atoms with E-state index in [4.69, 9.17) is 40.9 Å². The molecule has 0 aliphatic carbocycles. The summed E-state index contributed by atoms with van der Waals surface area (Å²) in [6.07, 6.45) is -5.55. The first kappa shape index (κ1) is 23.0. The second-order valence-corrected chi connectivity index (χ2v) is 4.62. The van der Waals surface area contributed by atoms with E-state index in [2.05, 4.69) is 9.47 Å². The molecule has 13 heteroatoms. The van der Waals surface area contributed by atoms with E-state index in [0.29, 0.717) is 0 Å². The summed E-state index contributed by atoms with van der Waals surface area (Å²) in [5.41, 5.74) is 0. The van der Waals surface area contributed by atoms with Gasteiger partial charge in [0.15, 0.2) is 23.7 Å². The van der Waals surface area contributed by atoms with Crippen molar-refractivity contribution in [2.45, 2.75) is 24.4 Å². The molecule has 0 aromatic heterocycles. The van der Waals surface area contributed by atoms with E-state index in [0.717, 1.165) is 0 Å². The fourth-order valence-corrected chi connectivity index (χ4v) is 1.65. The predicted octanol–water partition coefficient (Wildman–Crippen LogP) is -2.82. The molecule has 0 aromatic rings. The number of rotatable bonds is 4. The zero-order valence-corrected chi connectivity index (χ0v) is 13.2. The molecule has 0 fully saturated rings. The molecule has 25 heavy (non-hydrogen) atoms. The minimum Gasteiger partial charge on any atom is -0.505 e. The van der Waals surface area contributed by atoms with Gasteiger partial charge in [-0.2, -0.15) is 0 Å². The summed E-state index contributed by atoms with van der Waals surface area (Å²) in [6.45, 7) is -1.34. The predicted molar refractivity (Wildman–Crippen MR) is 70.5 cm³/mol. The van der Waals surface area contributed by atoms with Crippen molar-refractivity contribution in [2.24, 2.45) is 0 Å². The van der Waals surface area contributed by atoms with Gasteiger partial charge in [0.25, 0.3) is 0 Å². The standard InChI is InChI=1S/2C6H8O6.Cu/c2*7-1-2(8)5-3(9)4(10)6(11)12-5;/h2*2,5,7-10H,1H2;/t2*2-,5+;/m00./s1. The second-order valence-electron chi connectivity index (χ2n) is 4.62. The molecule has 0 aromatic carbocycles. The van der Waals surface area contributed by atoms with Crippen molar-refractivity contribution in [3.63, 3.8) is 0 Å². The van der Waals surface area contributed by atoms with Crippen molar-refractivity contribution < 1.29 is 77.0 Å². The molecule has 8 N–H and O–H groups in total. The number of cyclic esters (lactones) is 2. The smallest absolute Gasteiger partial charge is 0.377 e. The molecule has 0 spiro atoms. The Labute approximate surface area is 150 Å². The summed E-state index contributed by atoms with van der Waals surface area (Å²) >= 11 is 0. The number of ether oxygens (including phenoxy) is 2. The van der Waals surface area contributed by atoms with Crippen molar-refractivity contribution in [3.8, 4) is 0 Å². The maximum atomic E-state index is 10.5. The molecule has 1 radical (unpaired) electrons. The largest absolute Gasteiger partial charge is 0.505 e. The number of aliphatic hydroxyl groups is 8. The van der Waals surface area contributed by atoms with Gasteiger partial charge < -0.3 is 50.3 Å². The maximum Gasteiger partial charge on any atom is 0.377 e. The minimum atomic E-state index is -1.42. The Balaban J connectivity index is 0.000000443. The van der Waals surface area contributed by atoms with E-state index in [-0.39, 0.29) is 17.1 Å². The Morgan fingerprint density at radius 2 is 1.04 bits per heavy atom. The Kier molecular flexibility index (Phi) is 8.69. The van der Waals surface area contributed by atoms with Crippen LogP contribution in [0, 0.1) is 0 Å². The fraction of sp³-hybridized carbons (Fsp3) is 0.500. The van der Waals surface area contributed by atoms with Gasteiger partial charge >= 0.3 is 11.9 Å². The maximum absolute atomic E-state index is 10.5. The second kappa shape index (κ2) is 9.46. The Morgan fingerprint density at radius 3 is 1.20 bits per heavy atom. The molecule has 2 heterocycles. The number of hydrogen-bond acceptors (Lipinski definition) is 12. The summed E-state index contributed by atoms with van der Waals surface area (Å²) in [4.78, 5) is 21.1. The molecule has 2 rings (SSSR count). The van der Waals surface area contributed by atoms with Gasteiger partial charge in [-0.1, -0.05) is 0 Å². The summed E-state index contributed by atoms with van der Waals surface area (Å²) in [5, 5.41) is 70.1. The van der Waals surface area contributed by atoms with Gasteiger partial charge in [0.2, 0.25) is 11.5 Å². The molecular weight excluding hydrogens is 400 g/mol. The molecule has 0 saturated carbocycles. The monoisotopic (exact) mass is 415 g/mol. The first-order chi connectivity index (χ1) is 11.1. The van der Waals surface area contributed by atoms with Crippen molar-refractivity contribution in [1.82, 2.24) is 0 Å². The van der Waals surface area contributed by atoms with Gasteiger partial charge in [0.05, 0.1) is 13.2 Å². The van der Waals surface area contributed by atoms with Gasteiger partial charge in [-0.15, -0.1) is 0 Å². The Bertz CT molecular complexity index is 520. The summed E-state index contributed by atoms with van der Waals surface area (Å²) in [5.74, 6) is -5.56. The first-order valence-corrected chi connectivity index (χ1v) is 6.39. The normalized spacial score (nSPS) is 24.8. The van der Waals surface area contributed by atoms with Crippen LogP contribution >= 0.6 is 0 Å². The molecule has 0 unspecified atom stereocenters. The molecule has 4 atom stereocenters. The van der Waals surface area contributed by atoms with Gasteiger partial charge in [-0.05, 0) is 0 Å². The van der Waals surface area contributed by atoms with Crippen LogP contribution in [0.1, 0.15) is 0 Å². The van der Waals surface area contributed by atoms with Crippen LogP contribution in [0.25, 0.3) is 0 Å². The third kappa shape index (κ3) is 4.98. The van der Waals surface area contributed by atoms with Crippen LogP contribution in [-0.2, 0) is 36.1 Å². The van der Waals surface area contributed by atoms with E-state index >= 15 is 0 Å². The third-order valence-electron chi connectivity index (χ3n) is 2.95. The SMILES string of the molecule is O=C1O[C@H]([C@@H](O)CO)C(O)=C1O.O=C1O[C@H]([C@@H](O)CO)C(O)=C1O.[Cu]. The van der Waals surface area contributed by atoms with E-state index in [1.165, 1.54) is 0 Å². The van der Waals surface area contributed by atoms with Crippen LogP contribution in [0.5, 0.6) is 0 Å². The quantitative estimate of drug-likeness (QED) is 0.172. The third-order valence-corrected chi connectivity index (χ3v) is 2.95. The number of hydrogen-bond donors (Lipinski definition) is 8. The van der Waals surface area contributed by atoms with Crippen LogP contribution in [0.3, 0.4) is 0 Å². The molecule has 0 amide bonds. The first-order valence-electron chi connectivity index (χ1n) is 6.39. The van der Waals surface area contributed by atoms with Crippen molar-refractivity contribution >= 4 is 11.9 Å². The van der Waals surface area contributed by atoms with Gasteiger partial charge in [0, 0.05) is 17.1 Å². The zero-order valence-electron chi connectivity index (χ0n) is 12.2. The van der Waals surface area contributed by atoms with E-state index in [1.54, 1.807) is 0 Å². The van der Waals surface area contributed by atoms with Gasteiger partial charge in [0.1, 0.15) is 12.2 Å². The number of aliphatic hydroxyl groups excluding tert-OH is 8. The van der Waals surface area contributed by atoms with Crippen LogP contribution in [0.2, 0.25) is 0 Å². The average molecular weight is 416 g/mol. The van der Waals surface area contributed by atoms with Crippen LogP contribution < -0.4 is 0 Å². The molecule has 2 aliphatic heterocycles. The topological polar surface area (TPSA) is 214 Å². The minimum absolute atomic E-state index is 0. The summed E-state index contributed by atoms with van der Waals surface area (Å²) in [7, 11) is 0. The van der Waals surface area contributed by atoms with Crippen LogP contribution in [-0.4, -0.2) is 90.4 Å². The fourth-order valence-electron chi connectivity index (χ4n) is 1.65. The molecule has 0 saturated heterocycles. The Hall–Kier alpha value is -2.02. The summed E-state index contributed by atoms with van der Waals surface area (Å²) < 4.78 is 8.63. The van der Waals surface area contributed by atoms with E-state index < -0.39 is 72.6 Å². The van der Waals surface area contributed by atoms with Crippen LogP contribution in [0.15, 0.2) is 23.0 Å². The number of esters is 2. The molecule has 147 valence electrons.